The lowest BCUT2D eigenvalue weighted by atomic mass is 10.2. The number of hydrogen-bond acceptors (Lipinski definition) is 4. The van der Waals surface area contributed by atoms with E-state index in [4.69, 9.17) is 4.74 Å². The molecule has 0 saturated carbocycles. The molecule has 1 amide bonds. The average molecular weight is 390 g/mol. The van der Waals surface area contributed by atoms with Crippen LogP contribution in [0.3, 0.4) is 0 Å². The number of benzene rings is 1. The number of piperazine rings is 1. The predicted molar refractivity (Wildman–Crippen MR) is 113 cm³/mol. The Labute approximate surface area is 169 Å². The molecule has 7 heteroatoms. The molecule has 1 aromatic carbocycles. The van der Waals surface area contributed by atoms with Gasteiger partial charge in [0.1, 0.15) is 6.54 Å². The minimum Gasteiger partial charge on any atom is -0.382 e. The Morgan fingerprint density at radius 3 is 2.54 bits per heavy atom. The smallest absolute Gasteiger partial charge is 0.243 e. The number of likely N-dealkylation sites (N-methyl/N-ethyl adjacent to an activating group) is 1. The molecule has 0 atom stereocenters. The molecule has 1 aliphatic rings. The van der Waals surface area contributed by atoms with Gasteiger partial charge in [0, 0.05) is 66.6 Å². The molecule has 1 heterocycles. The number of nitrogens with zero attached hydrogens (tertiary/aromatic N) is 4. The van der Waals surface area contributed by atoms with E-state index in [2.05, 4.69) is 50.4 Å². The number of guanidine groups is 1. The van der Waals surface area contributed by atoms with Crippen molar-refractivity contribution in [2.45, 2.75) is 19.9 Å². The van der Waals surface area contributed by atoms with Gasteiger partial charge in [0.2, 0.25) is 5.91 Å². The number of amides is 1. The van der Waals surface area contributed by atoms with Gasteiger partial charge in [-0.2, -0.15) is 0 Å². The average Bonchev–Trinajstić information content (AvgIpc) is 2.71. The van der Waals surface area contributed by atoms with Gasteiger partial charge in [-0.05, 0) is 18.9 Å². The highest BCUT2D eigenvalue weighted by Crippen LogP contribution is 2.08. The Kier molecular flexibility index (Phi) is 9.79. The van der Waals surface area contributed by atoms with Gasteiger partial charge in [-0.3, -0.25) is 9.69 Å². The minimum atomic E-state index is 0.0105. The Hall–Kier alpha value is -2.12. The molecule has 1 N–H and O–H groups in total. The highest BCUT2D eigenvalue weighted by Gasteiger charge is 2.20. The summed E-state index contributed by atoms with van der Waals surface area (Å²) in [6.45, 7) is 9.18. The van der Waals surface area contributed by atoms with Crippen LogP contribution in [0.1, 0.15) is 18.9 Å². The summed E-state index contributed by atoms with van der Waals surface area (Å²) in [7, 11) is 3.52. The SMILES string of the molecule is CCOCCCNC(=NCC(=O)N(C)C)N1CCN(Cc2ccccc2)CC1. The van der Waals surface area contributed by atoms with E-state index < -0.39 is 0 Å². The maximum atomic E-state index is 11.9. The van der Waals surface area contributed by atoms with Crippen molar-refractivity contribution in [2.75, 3.05) is 66.6 Å². The highest BCUT2D eigenvalue weighted by molar-refractivity contribution is 5.84. The summed E-state index contributed by atoms with van der Waals surface area (Å²) < 4.78 is 5.40. The molecular weight excluding hydrogens is 354 g/mol. The second-order valence-corrected chi connectivity index (χ2v) is 7.15. The van der Waals surface area contributed by atoms with Crippen molar-refractivity contribution in [1.82, 2.24) is 20.0 Å². The van der Waals surface area contributed by atoms with Crippen LogP contribution in [-0.2, 0) is 16.1 Å². The van der Waals surface area contributed by atoms with Gasteiger partial charge in [-0.25, -0.2) is 4.99 Å². The molecule has 2 rings (SSSR count). The van der Waals surface area contributed by atoms with Gasteiger partial charge in [0.25, 0.3) is 0 Å². The quantitative estimate of drug-likeness (QED) is 0.392. The third-order valence-corrected chi connectivity index (χ3v) is 4.74. The van der Waals surface area contributed by atoms with Crippen molar-refractivity contribution < 1.29 is 9.53 Å². The Bertz CT molecular complexity index is 598. The Balaban J connectivity index is 1.87. The molecule has 28 heavy (non-hydrogen) atoms. The lowest BCUT2D eigenvalue weighted by Gasteiger charge is -2.36. The molecule has 0 radical (unpaired) electrons. The molecule has 1 aliphatic heterocycles. The van der Waals surface area contributed by atoms with Crippen molar-refractivity contribution >= 4 is 11.9 Å². The molecule has 1 saturated heterocycles. The lowest BCUT2D eigenvalue weighted by Crippen LogP contribution is -2.52. The normalized spacial score (nSPS) is 15.5. The standard InChI is InChI=1S/C21H35N5O2/c1-4-28-16-8-11-22-21(23-17-20(27)24(2)3)26-14-12-25(13-15-26)18-19-9-6-5-7-10-19/h5-7,9-10H,4,8,11-18H2,1-3H3,(H,22,23). The molecule has 0 spiro atoms. The van der Waals surface area contributed by atoms with Crippen LogP contribution >= 0.6 is 0 Å². The fourth-order valence-corrected chi connectivity index (χ4v) is 3.03. The zero-order chi connectivity index (χ0) is 20.2. The summed E-state index contributed by atoms with van der Waals surface area (Å²) in [6.07, 6.45) is 0.919. The fraction of sp³-hybridized carbons (Fsp3) is 0.619. The van der Waals surface area contributed by atoms with Crippen LogP contribution in [0.15, 0.2) is 35.3 Å². The number of carbonyl (C=O) groups excluding carboxylic acids is 1. The van der Waals surface area contributed by atoms with E-state index in [0.29, 0.717) is 0 Å². The number of nitrogens with one attached hydrogen (secondary N) is 1. The monoisotopic (exact) mass is 389 g/mol. The van der Waals surface area contributed by atoms with E-state index in [9.17, 15) is 4.79 Å². The van der Waals surface area contributed by atoms with Crippen LogP contribution in [0.25, 0.3) is 0 Å². The first-order chi connectivity index (χ1) is 13.6. The molecule has 0 aliphatic carbocycles. The van der Waals surface area contributed by atoms with Crippen molar-refractivity contribution in [3.8, 4) is 0 Å². The van der Waals surface area contributed by atoms with Gasteiger partial charge in [-0.15, -0.1) is 0 Å². The third kappa shape index (κ3) is 7.86. The first-order valence-electron chi connectivity index (χ1n) is 10.2. The summed E-state index contributed by atoms with van der Waals surface area (Å²) in [4.78, 5) is 22.8. The van der Waals surface area contributed by atoms with Gasteiger partial charge in [-0.1, -0.05) is 30.3 Å². The van der Waals surface area contributed by atoms with Gasteiger partial charge in [0.15, 0.2) is 5.96 Å². The summed E-state index contributed by atoms with van der Waals surface area (Å²) >= 11 is 0. The first kappa shape index (κ1) is 22.2. The number of carbonyl (C=O) groups is 1. The van der Waals surface area contributed by atoms with Crippen LogP contribution in [0, 0.1) is 0 Å². The van der Waals surface area contributed by atoms with E-state index in [1.54, 1.807) is 19.0 Å². The lowest BCUT2D eigenvalue weighted by molar-refractivity contribution is -0.127. The van der Waals surface area contributed by atoms with E-state index in [1.165, 1.54) is 5.56 Å². The van der Waals surface area contributed by atoms with Crippen LogP contribution in [0.4, 0.5) is 0 Å². The molecule has 1 aromatic rings. The Morgan fingerprint density at radius 1 is 1.18 bits per heavy atom. The number of rotatable bonds is 9. The fourth-order valence-electron chi connectivity index (χ4n) is 3.03. The summed E-state index contributed by atoms with van der Waals surface area (Å²) in [5.41, 5.74) is 1.34. The maximum absolute atomic E-state index is 11.9. The summed E-state index contributed by atoms with van der Waals surface area (Å²) in [5, 5.41) is 3.41. The predicted octanol–water partition coefficient (Wildman–Crippen LogP) is 1.26. The van der Waals surface area contributed by atoms with Gasteiger partial charge in [0.05, 0.1) is 0 Å². The van der Waals surface area contributed by atoms with Gasteiger partial charge >= 0.3 is 0 Å². The first-order valence-corrected chi connectivity index (χ1v) is 10.2. The molecular formula is C21H35N5O2. The minimum absolute atomic E-state index is 0.0105. The highest BCUT2D eigenvalue weighted by atomic mass is 16.5. The van der Waals surface area contributed by atoms with E-state index >= 15 is 0 Å². The van der Waals surface area contributed by atoms with Crippen molar-refractivity contribution in [1.29, 1.82) is 0 Å². The number of ether oxygens (including phenoxy) is 1. The summed E-state index contributed by atoms with van der Waals surface area (Å²) in [6, 6.07) is 10.6. The van der Waals surface area contributed by atoms with E-state index in [0.717, 1.165) is 64.9 Å². The van der Waals surface area contributed by atoms with Crippen LogP contribution in [0.2, 0.25) is 0 Å². The maximum Gasteiger partial charge on any atom is 0.243 e. The molecule has 0 unspecified atom stereocenters. The molecule has 7 nitrogen and oxygen atoms in total. The van der Waals surface area contributed by atoms with Gasteiger partial charge < -0.3 is 19.9 Å². The van der Waals surface area contributed by atoms with E-state index in [-0.39, 0.29) is 12.5 Å². The number of hydrogen-bond donors (Lipinski definition) is 1. The molecule has 0 aromatic heterocycles. The van der Waals surface area contributed by atoms with Crippen molar-refractivity contribution in [3.05, 3.63) is 35.9 Å². The number of aliphatic imine (C=N–C) groups is 1. The molecule has 156 valence electrons. The van der Waals surface area contributed by atoms with Crippen LogP contribution < -0.4 is 5.32 Å². The second kappa shape index (κ2) is 12.4. The zero-order valence-corrected chi connectivity index (χ0v) is 17.6. The molecule has 1 fully saturated rings. The van der Waals surface area contributed by atoms with Crippen LogP contribution in [0.5, 0.6) is 0 Å². The van der Waals surface area contributed by atoms with E-state index in [1.807, 2.05) is 6.92 Å². The topological polar surface area (TPSA) is 60.4 Å². The molecule has 0 bridgehead atoms. The summed E-state index contributed by atoms with van der Waals surface area (Å²) in [5.74, 6) is 0.836. The third-order valence-electron chi connectivity index (χ3n) is 4.74. The van der Waals surface area contributed by atoms with Crippen molar-refractivity contribution in [2.24, 2.45) is 4.99 Å². The largest absolute Gasteiger partial charge is 0.382 e. The Morgan fingerprint density at radius 2 is 1.89 bits per heavy atom. The van der Waals surface area contributed by atoms with Crippen molar-refractivity contribution in [3.63, 3.8) is 0 Å². The van der Waals surface area contributed by atoms with Crippen LogP contribution in [-0.4, -0.2) is 93.1 Å². The zero-order valence-electron chi connectivity index (χ0n) is 17.6. The second-order valence-electron chi connectivity index (χ2n) is 7.15.